The van der Waals surface area contributed by atoms with Crippen molar-refractivity contribution in [3.05, 3.63) is 60.4 Å². The maximum absolute atomic E-state index is 12.3. The van der Waals surface area contributed by atoms with Gasteiger partial charge in [0.05, 0.1) is 12.2 Å². The molecule has 0 fully saturated rings. The predicted molar refractivity (Wildman–Crippen MR) is 79.5 cm³/mol. The molecule has 2 aromatic rings. The van der Waals surface area contributed by atoms with Gasteiger partial charge in [0, 0.05) is 18.9 Å². The van der Waals surface area contributed by atoms with Crippen molar-refractivity contribution < 1.29 is 8.42 Å². The number of anilines is 1. The van der Waals surface area contributed by atoms with Gasteiger partial charge < -0.3 is 0 Å². The quantitative estimate of drug-likeness (QED) is 0.884. The second-order valence-corrected chi connectivity index (χ2v) is 5.89. The number of aromatic nitrogens is 1. The fraction of sp³-hybridized carbons (Fsp3) is 0.214. The minimum absolute atomic E-state index is 0.243. The molecule has 0 aliphatic heterocycles. The second kappa shape index (κ2) is 6.49. The summed E-state index contributed by atoms with van der Waals surface area (Å²) in [6.07, 6.45) is 3.33. The summed E-state index contributed by atoms with van der Waals surface area (Å²) in [5, 5.41) is 0. The first-order chi connectivity index (χ1) is 9.63. The molecule has 5 nitrogen and oxygen atoms in total. The SMILES string of the molecule is CCNS(=O)(=O)N(Cc1cccnc1)c1ccccc1. The van der Waals surface area contributed by atoms with Crippen molar-refractivity contribution in [2.45, 2.75) is 13.5 Å². The van der Waals surface area contributed by atoms with Crippen molar-refractivity contribution in [1.29, 1.82) is 0 Å². The summed E-state index contributed by atoms with van der Waals surface area (Å²) in [5.74, 6) is 0. The molecule has 0 unspecified atom stereocenters. The molecule has 0 aliphatic carbocycles. The van der Waals surface area contributed by atoms with Crippen LogP contribution < -0.4 is 9.03 Å². The molecule has 0 saturated heterocycles. The summed E-state index contributed by atoms with van der Waals surface area (Å²) in [7, 11) is -3.57. The molecule has 106 valence electrons. The van der Waals surface area contributed by atoms with Crippen molar-refractivity contribution in [1.82, 2.24) is 9.71 Å². The highest BCUT2D eigenvalue weighted by atomic mass is 32.2. The third kappa shape index (κ3) is 3.55. The van der Waals surface area contributed by atoms with Gasteiger partial charge in [-0.25, -0.2) is 0 Å². The minimum atomic E-state index is -3.57. The van der Waals surface area contributed by atoms with E-state index in [4.69, 9.17) is 0 Å². The summed E-state index contributed by atoms with van der Waals surface area (Å²) in [5.41, 5.74) is 1.45. The Kier molecular flexibility index (Phi) is 4.70. The molecule has 1 heterocycles. The van der Waals surface area contributed by atoms with Gasteiger partial charge in [0.15, 0.2) is 0 Å². The number of hydrogen-bond donors (Lipinski definition) is 1. The van der Waals surface area contributed by atoms with Crippen LogP contribution in [0.4, 0.5) is 5.69 Å². The molecule has 0 aliphatic rings. The van der Waals surface area contributed by atoms with Crippen LogP contribution in [0.5, 0.6) is 0 Å². The Hall–Kier alpha value is -1.92. The summed E-state index contributed by atoms with van der Waals surface area (Å²) in [6.45, 7) is 2.34. The van der Waals surface area contributed by atoms with E-state index in [0.717, 1.165) is 5.56 Å². The molecular weight excluding hydrogens is 274 g/mol. The van der Waals surface area contributed by atoms with E-state index in [9.17, 15) is 8.42 Å². The van der Waals surface area contributed by atoms with E-state index in [1.165, 1.54) is 4.31 Å². The van der Waals surface area contributed by atoms with Gasteiger partial charge in [-0.1, -0.05) is 31.2 Å². The number of pyridine rings is 1. The van der Waals surface area contributed by atoms with Crippen molar-refractivity contribution in [3.8, 4) is 0 Å². The third-order valence-corrected chi connectivity index (χ3v) is 4.28. The van der Waals surface area contributed by atoms with Crippen molar-refractivity contribution in [3.63, 3.8) is 0 Å². The van der Waals surface area contributed by atoms with Gasteiger partial charge in [0.2, 0.25) is 0 Å². The molecule has 1 aromatic heterocycles. The van der Waals surface area contributed by atoms with Crippen LogP contribution in [-0.2, 0) is 16.8 Å². The Labute approximate surface area is 119 Å². The predicted octanol–water partition coefficient (Wildman–Crippen LogP) is 1.94. The number of hydrogen-bond acceptors (Lipinski definition) is 3. The molecule has 0 amide bonds. The van der Waals surface area contributed by atoms with Gasteiger partial charge in [0.1, 0.15) is 0 Å². The first-order valence-electron chi connectivity index (χ1n) is 6.35. The highest BCUT2D eigenvalue weighted by Crippen LogP contribution is 2.19. The molecule has 0 saturated carbocycles. The smallest absolute Gasteiger partial charge is 0.264 e. The number of benzene rings is 1. The molecule has 0 bridgehead atoms. The summed E-state index contributed by atoms with van der Waals surface area (Å²) >= 11 is 0. The zero-order valence-electron chi connectivity index (χ0n) is 11.2. The summed E-state index contributed by atoms with van der Waals surface area (Å²) in [4.78, 5) is 4.02. The third-order valence-electron chi connectivity index (χ3n) is 2.71. The Morgan fingerprint density at radius 2 is 1.90 bits per heavy atom. The normalized spacial score (nSPS) is 11.2. The maximum atomic E-state index is 12.3. The molecule has 0 radical (unpaired) electrons. The molecule has 6 heteroatoms. The van der Waals surface area contributed by atoms with E-state index in [0.29, 0.717) is 12.2 Å². The van der Waals surface area contributed by atoms with Crippen LogP contribution in [0.25, 0.3) is 0 Å². The topological polar surface area (TPSA) is 62.3 Å². The lowest BCUT2D eigenvalue weighted by Gasteiger charge is -2.24. The fourth-order valence-corrected chi connectivity index (χ4v) is 3.07. The fourth-order valence-electron chi connectivity index (χ4n) is 1.83. The molecule has 0 atom stereocenters. The second-order valence-electron chi connectivity index (χ2n) is 4.21. The number of para-hydroxylation sites is 1. The van der Waals surface area contributed by atoms with Gasteiger partial charge in [0.25, 0.3) is 0 Å². The molecular formula is C14H17N3O2S. The number of nitrogens with one attached hydrogen (secondary N) is 1. The number of rotatable bonds is 6. The largest absolute Gasteiger partial charge is 0.301 e. The Morgan fingerprint density at radius 1 is 1.15 bits per heavy atom. The highest BCUT2D eigenvalue weighted by molar-refractivity contribution is 7.90. The zero-order chi connectivity index (χ0) is 14.4. The first-order valence-corrected chi connectivity index (χ1v) is 7.79. The summed E-state index contributed by atoms with van der Waals surface area (Å²) in [6, 6.07) is 12.7. The molecule has 1 N–H and O–H groups in total. The Bertz CT molecular complexity index is 630. The molecule has 2 rings (SSSR count). The van der Waals surface area contributed by atoms with Gasteiger partial charge in [-0.2, -0.15) is 13.1 Å². The monoisotopic (exact) mass is 291 g/mol. The van der Waals surface area contributed by atoms with Crippen molar-refractivity contribution in [2.24, 2.45) is 0 Å². The Morgan fingerprint density at radius 3 is 2.50 bits per heavy atom. The van der Waals surface area contributed by atoms with Crippen LogP contribution in [0.1, 0.15) is 12.5 Å². The van der Waals surface area contributed by atoms with E-state index in [-0.39, 0.29) is 6.54 Å². The van der Waals surface area contributed by atoms with Gasteiger partial charge in [-0.05, 0) is 23.8 Å². The van der Waals surface area contributed by atoms with Gasteiger partial charge in [-0.3, -0.25) is 9.29 Å². The maximum Gasteiger partial charge on any atom is 0.301 e. The van der Waals surface area contributed by atoms with E-state index in [2.05, 4.69) is 9.71 Å². The van der Waals surface area contributed by atoms with Crippen LogP contribution in [0.2, 0.25) is 0 Å². The van der Waals surface area contributed by atoms with E-state index in [1.807, 2.05) is 24.3 Å². The van der Waals surface area contributed by atoms with Crippen molar-refractivity contribution in [2.75, 3.05) is 10.8 Å². The first kappa shape index (κ1) is 14.5. The highest BCUT2D eigenvalue weighted by Gasteiger charge is 2.21. The van der Waals surface area contributed by atoms with Crippen molar-refractivity contribution >= 4 is 15.9 Å². The molecule has 0 spiro atoms. The minimum Gasteiger partial charge on any atom is -0.264 e. The van der Waals surface area contributed by atoms with Crippen LogP contribution in [-0.4, -0.2) is 19.9 Å². The lowest BCUT2D eigenvalue weighted by molar-refractivity contribution is 0.578. The van der Waals surface area contributed by atoms with E-state index < -0.39 is 10.2 Å². The van der Waals surface area contributed by atoms with E-state index in [1.54, 1.807) is 37.5 Å². The average Bonchev–Trinajstić information content (AvgIpc) is 2.46. The molecule has 1 aromatic carbocycles. The standard InChI is InChI=1S/C14H17N3O2S/c1-2-16-20(18,19)17(14-8-4-3-5-9-14)12-13-7-6-10-15-11-13/h3-11,16H,2,12H2,1H3. The van der Waals surface area contributed by atoms with E-state index >= 15 is 0 Å². The van der Waals surface area contributed by atoms with Gasteiger partial charge >= 0.3 is 10.2 Å². The van der Waals surface area contributed by atoms with Crippen LogP contribution in [0.3, 0.4) is 0 Å². The number of nitrogens with zero attached hydrogens (tertiary/aromatic N) is 2. The van der Waals surface area contributed by atoms with Crippen LogP contribution in [0.15, 0.2) is 54.9 Å². The van der Waals surface area contributed by atoms with Gasteiger partial charge in [-0.15, -0.1) is 0 Å². The lowest BCUT2D eigenvalue weighted by Crippen LogP contribution is -2.40. The average molecular weight is 291 g/mol. The molecule has 20 heavy (non-hydrogen) atoms. The van der Waals surface area contributed by atoms with Crippen LogP contribution in [0, 0.1) is 0 Å². The Balaban J connectivity index is 2.35. The summed E-state index contributed by atoms with van der Waals surface area (Å²) < 4.78 is 28.5. The lowest BCUT2D eigenvalue weighted by atomic mass is 10.2. The van der Waals surface area contributed by atoms with Crippen LogP contribution >= 0.6 is 0 Å². The zero-order valence-corrected chi connectivity index (χ0v) is 12.0.